The molecule has 0 unspecified atom stereocenters. The summed E-state index contributed by atoms with van der Waals surface area (Å²) < 4.78 is 0.598. The molecule has 1 heterocycles. The van der Waals surface area contributed by atoms with E-state index in [1.807, 2.05) is 0 Å². The van der Waals surface area contributed by atoms with Crippen LogP contribution in [0.3, 0.4) is 0 Å². The van der Waals surface area contributed by atoms with Crippen molar-refractivity contribution < 1.29 is 15.0 Å². The molecule has 2 N–H and O–H groups in total. The molecular formula is C11H8ClNO4. The molecule has 17 heavy (non-hydrogen) atoms. The van der Waals surface area contributed by atoms with Crippen LogP contribution in [0, 0.1) is 0 Å². The molecule has 0 amide bonds. The minimum atomic E-state index is -1.38. The van der Waals surface area contributed by atoms with E-state index < -0.39 is 11.7 Å². The van der Waals surface area contributed by atoms with Crippen molar-refractivity contribution in [2.45, 2.75) is 6.61 Å². The highest BCUT2D eigenvalue weighted by molar-refractivity contribution is 6.35. The molecule has 0 aliphatic heterocycles. The molecule has 0 bridgehead atoms. The van der Waals surface area contributed by atoms with Gasteiger partial charge in [0.05, 0.1) is 17.1 Å². The van der Waals surface area contributed by atoms with Gasteiger partial charge in [-0.3, -0.25) is 4.79 Å². The second kappa shape index (κ2) is 4.20. The maximum atomic E-state index is 11.6. The summed E-state index contributed by atoms with van der Waals surface area (Å²) in [6.45, 7) is -0.379. The zero-order valence-electron chi connectivity index (χ0n) is 8.55. The van der Waals surface area contributed by atoms with Gasteiger partial charge in [0.25, 0.3) is 5.56 Å². The van der Waals surface area contributed by atoms with Gasteiger partial charge in [0.15, 0.2) is 0 Å². The Morgan fingerprint density at radius 3 is 2.71 bits per heavy atom. The maximum absolute atomic E-state index is 11.6. The molecule has 0 fully saturated rings. The third kappa shape index (κ3) is 1.79. The van der Waals surface area contributed by atoms with Gasteiger partial charge in [-0.1, -0.05) is 17.7 Å². The van der Waals surface area contributed by atoms with E-state index in [1.165, 1.54) is 6.07 Å². The number of pyridine rings is 1. The molecule has 0 aliphatic rings. The van der Waals surface area contributed by atoms with Crippen LogP contribution in [0.5, 0.6) is 0 Å². The fourth-order valence-corrected chi connectivity index (χ4v) is 2.03. The normalized spacial score (nSPS) is 10.7. The summed E-state index contributed by atoms with van der Waals surface area (Å²) in [6, 6.07) is 5.66. The first-order chi connectivity index (χ1) is 8.06. The lowest BCUT2D eigenvalue weighted by atomic mass is 10.1. The van der Waals surface area contributed by atoms with Crippen LogP contribution < -0.4 is 5.56 Å². The van der Waals surface area contributed by atoms with Crippen molar-refractivity contribution in [3.05, 3.63) is 45.2 Å². The number of hydrogen-bond donors (Lipinski definition) is 2. The molecular weight excluding hydrogens is 246 g/mol. The highest BCUT2D eigenvalue weighted by Gasteiger charge is 2.14. The number of rotatable bonds is 1. The van der Waals surface area contributed by atoms with Crippen molar-refractivity contribution in [1.29, 1.82) is 0 Å². The van der Waals surface area contributed by atoms with Crippen molar-refractivity contribution >= 4 is 28.6 Å². The second-order valence-corrected chi connectivity index (χ2v) is 3.83. The Bertz CT molecular complexity index is 662. The molecule has 0 radical (unpaired) electrons. The van der Waals surface area contributed by atoms with Crippen LogP contribution in [0.25, 0.3) is 10.9 Å². The van der Waals surface area contributed by atoms with Crippen molar-refractivity contribution in [1.82, 2.24) is 4.57 Å². The first kappa shape index (κ1) is 11.6. The smallest absolute Gasteiger partial charge is 0.419 e. The molecule has 0 saturated carbocycles. The zero-order valence-corrected chi connectivity index (χ0v) is 9.31. The second-order valence-electron chi connectivity index (χ2n) is 3.42. The predicted octanol–water partition coefficient (Wildman–Crippen LogP) is 1.67. The SMILES string of the molecule is O=C(O)n1c(=O)cc(CO)c2c(Cl)cccc21. The quantitative estimate of drug-likeness (QED) is 0.810. The first-order valence-electron chi connectivity index (χ1n) is 4.73. The van der Waals surface area contributed by atoms with Crippen LogP contribution in [0.1, 0.15) is 5.56 Å². The first-order valence-corrected chi connectivity index (χ1v) is 5.11. The van der Waals surface area contributed by atoms with E-state index in [9.17, 15) is 9.59 Å². The summed E-state index contributed by atoms with van der Waals surface area (Å²) in [4.78, 5) is 22.6. The third-order valence-corrected chi connectivity index (χ3v) is 2.75. The number of halogens is 1. The van der Waals surface area contributed by atoms with Gasteiger partial charge in [0, 0.05) is 11.5 Å². The third-order valence-electron chi connectivity index (χ3n) is 2.43. The fourth-order valence-electron chi connectivity index (χ4n) is 1.74. The number of carbonyl (C=O) groups is 1. The number of fused-ring (bicyclic) bond motifs is 1. The number of carboxylic acid groups (broad SMARTS) is 1. The maximum Gasteiger partial charge on any atom is 0.419 e. The van der Waals surface area contributed by atoms with Crippen molar-refractivity contribution in [3.63, 3.8) is 0 Å². The van der Waals surface area contributed by atoms with Gasteiger partial charge in [-0.15, -0.1) is 0 Å². The van der Waals surface area contributed by atoms with Gasteiger partial charge in [-0.2, -0.15) is 0 Å². The monoisotopic (exact) mass is 253 g/mol. The van der Waals surface area contributed by atoms with Crippen LogP contribution in [0.4, 0.5) is 4.79 Å². The number of aliphatic hydroxyl groups is 1. The Morgan fingerprint density at radius 2 is 2.12 bits per heavy atom. The average molecular weight is 254 g/mol. The van der Waals surface area contributed by atoms with Gasteiger partial charge < -0.3 is 10.2 Å². The van der Waals surface area contributed by atoms with E-state index in [2.05, 4.69) is 0 Å². The highest BCUT2D eigenvalue weighted by Crippen LogP contribution is 2.25. The molecule has 0 saturated heterocycles. The van der Waals surface area contributed by atoms with Crippen molar-refractivity contribution in [2.24, 2.45) is 0 Å². The van der Waals surface area contributed by atoms with Crippen molar-refractivity contribution in [3.8, 4) is 0 Å². The fraction of sp³-hybridized carbons (Fsp3) is 0.0909. The van der Waals surface area contributed by atoms with E-state index in [1.54, 1.807) is 12.1 Å². The molecule has 2 aromatic rings. The van der Waals surface area contributed by atoms with E-state index in [0.29, 0.717) is 20.5 Å². The van der Waals surface area contributed by atoms with E-state index in [0.717, 1.165) is 6.07 Å². The Morgan fingerprint density at radius 1 is 1.41 bits per heavy atom. The molecule has 1 aromatic heterocycles. The summed E-state index contributed by atoms with van der Waals surface area (Å²) in [5, 5.41) is 18.8. The number of nitrogens with zero attached hydrogens (tertiary/aromatic N) is 1. The Kier molecular flexibility index (Phi) is 2.87. The largest absolute Gasteiger partial charge is 0.464 e. The number of aromatic nitrogens is 1. The van der Waals surface area contributed by atoms with E-state index in [-0.39, 0.29) is 12.1 Å². The molecule has 0 aliphatic carbocycles. The minimum absolute atomic E-state index is 0.168. The predicted molar refractivity (Wildman–Crippen MR) is 62.6 cm³/mol. The summed E-state index contributed by atoms with van der Waals surface area (Å²) in [5.74, 6) is 0. The molecule has 0 atom stereocenters. The van der Waals surface area contributed by atoms with Crippen LogP contribution in [-0.2, 0) is 6.61 Å². The molecule has 88 valence electrons. The Labute approximate surface area is 100 Å². The summed E-state index contributed by atoms with van der Waals surface area (Å²) in [6.07, 6.45) is -1.38. The zero-order chi connectivity index (χ0) is 12.6. The van der Waals surface area contributed by atoms with Gasteiger partial charge in [0.2, 0.25) is 0 Å². The van der Waals surface area contributed by atoms with Crippen LogP contribution in [-0.4, -0.2) is 20.9 Å². The highest BCUT2D eigenvalue weighted by atomic mass is 35.5. The van der Waals surface area contributed by atoms with Gasteiger partial charge >= 0.3 is 6.09 Å². The van der Waals surface area contributed by atoms with E-state index >= 15 is 0 Å². The van der Waals surface area contributed by atoms with Crippen molar-refractivity contribution in [2.75, 3.05) is 0 Å². The lowest BCUT2D eigenvalue weighted by Crippen LogP contribution is -2.26. The van der Waals surface area contributed by atoms with Crippen LogP contribution in [0.15, 0.2) is 29.1 Å². The molecule has 5 nitrogen and oxygen atoms in total. The Balaban J connectivity index is 3.05. The standard InChI is InChI=1S/C11H8ClNO4/c12-7-2-1-3-8-10(7)6(5-14)4-9(15)13(8)11(16)17/h1-4,14H,5H2,(H,16,17). The minimum Gasteiger partial charge on any atom is -0.464 e. The van der Waals surface area contributed by atoms with Crippen LogP contribution in [0.2, 0.25) is 5.02 Å². The molecule has 6 heteroatoms. The Hall–Kier alpha value is -1.85. The van der Waals surface area contributed by atoms with Gasteiger partial charge in [-0.05, 0) is 17.7 Å². The molecule has 0 spiro atoms. The average Bonchev–Trinajstić information content (AvgIpc) is 2.27. The lowest BCUT2D eigenvalue weighted by Gasteiger charge is -2.09. The van der Waals surface area contributed by atoms with Gasteiger partial charge in [0.1, 0.15) is 0 Å². The summed E-state index contributed by atoms with van der Waals surface area (Å²) in [5.41, 5.74) is -0.231. The molecule has 2 rings (SSSR count). The van der Waals surface area contributed by atoms with E-state index in [4.69, 9.17) is 21.8 Å². The molecule has 1 aromatic carbocycles. The van der Waals surface area contributed by atoms with Gasteiger partial charge in [-0.25, -0.2) is 9.36 Å². The lowest BCUT2D eigenvalue weighted by molar-refractivity contribution is 0.196. The topological polar surface area (TPSA) is 79.5 Å². The summed E-state index contributed by atoms with van der Waals surface area (Å²) in [7, 11) is 0. The number of hydrogen-bond acceptors (Lipinski definition) is 3. The van der Waals surface area contributed by atoms with Crippen LogP contribution >= 0.6 is 11.6 Å². The number of aliphatic hydroxyl groups excluding tert-OH is 1. The number of benzene rings is 1. The summed E-state index contributed by atoms with van der Waals surface area (Å²) >= 11 is 5.95.